The van der Waals surface area contributed by atoms with Crippen LogP contribution in [0, 0.1) is 11.6 Å². The predicted octanol–water partition coefficient (Wildman–Crippen LogP) is 4.59. The van der Waals surface area contributed by atoms with Crippen LogP contribution in [-0.4, -0.2) is 13.1 Å². The van der Waals surface area contributed by atoms with Gasteiger partial charge in [0, 0.05) is 16.9 Å². The van der Waals surface area contributed by atoms with Gasteiger partial charge in [0.1, 0.15) is 0 Å². The lowest BCUT2D eigenvalue weighted by Gasteiger charge is -2.33. The molecule has 0 spiro atoms. The monoisotopic (exact) mass is 351 g/mol. The molecule has 0 amide bonds. The summed E-state index contributed by atoms with van der Waals surface area (Å²) in [4.78, 5) is 0. The first-order valence-electron chi connectivity index (χ1n) is 7.06. The van der Waals surface area contributed by atoms with Crippen molar-refractivity contribution >= 4 is 15.9 Å². The van der Waals surface area contributed by atoms with Crippen molar-refractivity contribution < 1.29 is 8.78 Å². The van der Waals surface area contributed by atoms with Crippen LogP contribution in [0.5, 0.6) is 0 Å². The standard InChI is InChI=1S/C17H16BrF2N/c18-13-4-1-11(2-5-13)15-10-21-8-7-14(15)12-3-6-16(19)17(20)9-12/h1-6,9,14-15,21H,7-8,10H2. The molecular formula is C17H16BrF2N. The van der Waals surface area contributed by atoms with Crippen molar-refractivity contribution in [3.05, 3.63) is 69.7 Å². The Bertz CT molecular complexity index is 627. The molecule has 21 heavy (non-hydrogen) atoms. The highest BCUT2D eigenvalue weighted by atomic mass is 79.9. The fourth-order valence-electron chi connectivity index (χ4n) is 3.06. The molecule has 1 aliphatic heterocycles. The molecule has 0 aliphatic carbocycles. The number of piperidine rings is 1. The quantitative estimate of drug-likeness (QED) is 0.834. The Kier molecular flexibility index (Phi) is 4.36. The highest BCUT2D eigenvalue weighted by molar-refractivity contribution is 9.10. The van der Waals surface area contributed by atoms with E-state index in [2.05, 4.69) is 33.4 Å². The molecule has 0 aromatic heterocycles. The van der Waals surface area contributed by atoms with Gasteiger partial charge in [0.15, 0.2) is 11.6 Å². The topological polar surface area (TPSA) is 12.0 Å². The summed E-state index contributed by atoms with van der Waals surface area (Å²) in [5.74, 6) is -1.06. The van der Waals surface area contributed by atoms with Gasteiger partial charge < -0.3 is 5.32 Å². The van der Waals surface area contributed by atoms with Crippen LogP contribution in [0.3, 0.4) is 0 Å². The first-order valence-corrected chi connectivity index (χ1v) is 7.85. The molecule has 1 N–H and O–H groups in total. The lowest BCUT2D eigenvalue weighted by molar-refractivity contribution is 0.401. The van der Waals surface area contributed by atoms with E-state index in [1.807, 2.05) is 12.1 Å². The SMILES string of the molecule is Fc1ccc(C2CCNCC2c2ccc(Br)cc2)cc1F. The van der Waals surface area contributed by atoms with Crippen molar-refractivity contribution in [2.24, 2.45) is 0 Å². The minimum Gasteiger partial charge on any atom is -0.316 e. The van der Waals surface area contributed by atoms with Crippen molar-refractivity contribution in [3.63, 3.8) is 0 Å². The van der Waals surface area contributed by atoms with Crippen LogP contribution < -0.4 is 5.32 Å². The van der Waals surface area contributed by atoms with Crippen LogP contribution >= 0.6 is 15.9 Å². The summed E-state index contributed by atoms with van der Waals surface area (Å²) >= 11 is 3.44. The summed E-state index contributed by atoms with van der Waals surface area (Å²) < 4.78 is 27.7. The number of nitrogens with one attached hydrogen (secondary N) is 1. The normalized spacial score (nSPS) is 22.2. The van der Waals surface area contributed by atoms with E-state index in [-0.39, 0.29) is 11.8 Å². The molecule has 2 atom stereocenters. The molecule has 0 bridgehead atoms. The average molecular weight is 352 g/mol. The predicted molar refractivity (Wildman–Crippen MR) is 83.5 cm³/mol. The molecule has 110 valence electrons. The molecule has 1 aliphatic rings. The molecule has 1 saturated heterocycles. The van der Waals surface area contributed by atoms with Crippen LogP contribution in [0.1, 0.15) is 29.4 Å². The molecule has 1 fully saturated rings. The molecule has 0 saturated carbocycles. The van der Waals surface area contributed by atoms with E-state index in [1.165, 1.54) is 17.7 Å². The number of rotatable bonds is 2. The largest absolute Gasteiger partial charge is 0.316 e. The van der Waals surface area contributed by atoms with Gasteiger partial charge in [-0.2, -0.15) is 0 Å². The lowest BCUT2D eigenvalue weighted by atomic mass is 9.77. The zero-order chi connectivity index (χ0) is 14.8. The van der Waals surface area contributed by atoms with Gasteiger partial charge >= 0.3 is 0 Å². The van der Waals surface area contributed by atoms with Crippen LogP contribution in [-0.2, 0) is 0 Å². The summed E-state index contributed by atoms with van der Waals surface area (Å²) in [7, 11) is 0. The molecule has 2 unspecified atom stereocenters. The van der Waals surface area contributed by atoms with E-state index in [1.54, 1.807) is 6.07 Å². The van der Waals surface area contributed by atoms with E-state index in [0.29, 0.717) is 0 Å². The zero-order valence-electron chi connectivity index (χ0n) is 11.5. The maximum absolute atomic E-state index is 13.5. The van der Waals surface area contributed by atoms with Gasteiger partial charge in [0.25, 0.3) is 0 Å². The fraction of sp³-hybridized carbons (Fsp3) is 0.294. The fourth-order valence-corrected chi connectivity index (χ4v) is 3.33. The van der Waals surface area contributed by atoms with E-state index in [4.69, 9.17) is 0 Å². The number of halogens is 3. The summed E-state index contributed by atoms with van der Waals surface area (Å²) in [6.07, 6.45) is 0.922. The Morgan fingerprint density at radius 1 is 0.905 bits per heavy atom. The van der Waals surface area contributed by atoms with Crippen molar-refractivity contribution in [1.82, 2.24) is 5.32 Å². The highest BCUT2D eigenvalue weighted by Gasteiger charge is 2.28. The number of hydrogen-bond acceptors (Lipinski definition) is 1. The third-order valence-corrected chi connectivity index (χ3v) is 4.68. The van der Waals surface area contributed by atoms with Crippen LogP contribution in [0.15, 0.2) is 46.9 Å². The smallest absolute Gasteiger partial charge is 0.159 e. The Hall–Kier alpha value is -1.26. The molecule has 2 aromatic rings. The van der Waals surface area contributed by atoms with E-state index < -0.39 is 11.6 Å². The second-order valence-corrected chi connectivity index (χ2v) is 6.35. The van der Waals surface area contributed by atoms with Gasteiger partial charge in [-0.25, -0.2) is 8.78 Å². The second kappa shape index (κ2) is 6.24. The highest BCUT2D eigenvalue weighted by Crippen LogP contribution is 2.38. The van der Waals surface area contributed by atoms with Crippen LogP contribution in [0.25, 0.3) is 0 Å². The molecule has 3 rings (SSSR count). The zero-order valence-corrected chi connectivity index (χ0v) is 13.0. The minimum atomic E-state index is -0.784. The second-order valence-electron chi connectivity index (χ2n) is 5.43. The molecule has 4 heteroatoms. The van der Waals surface area contributed by atoms with Gasteiger partial charge in [-0.3, -0.25) is 0 Å². The average Bonchev–Trinajstić information content (AvgIpc) is 2.51. The van der Waals surface area contributed by atoms with Crippen molar-refractivity contribution in [1.29, 1.82) is 0 Å². The third kappa shape index (κ3) is 3.16. The lowest BCUT2D eigenvalue weighted by Crippen LogP contribution is -2.34. The van der Waals surface area contributed by atoms with Crippen molar-refractivity contribution in [2.45, 2.75) is 18.3 Å². The Morgan fingerprint density at radius 2 is 1.62 bits per heavy atom. The maximum Gasteiger partial charge on any atom is 0.159 e. The third-order valence-electron chi connectivity index (χ3n) is 4.15. The van der Waals surface area contributed by atoms with Crippen molar-refractivity contribution in [3.8, 4) is 0 Å². The number of hydrogen-bond donors (Lipinski definition) is 1. The van der Waals surface area contributed by atoms with Crippen molar-refractivity contribution in [2.75, 3.05) is 13.1 Å². The molecule has 2 aromatic carbocycles. The maximum atomic E-state index is 13.5. The number of benzene rings is 2. The van der Waals surface area contributed by atoms with E-state index in [9.17, 15) is 8.78 Å². The molecule has 1 heterocycles. The summed E-state index contributed by atoms with van der Waals surface area (Å²) in [6.45, 7) is 1.75. The summed E-state index contributed by atoms with van der Waals surface area (Å²) in [6, 6.07) is 12.5. The van der Waals surface area contributed by atoms with Crippen LogP contribution in [0.4, 0.5) is 8.78 Å². The molecule has 1 nitrogen and oxygen atoms in total. The van der Waals surface area contributed by atoms with E-state index >= 15 is 0 Å². The minimum absolute atomic E-state index is 0.211. The van der Waals surface area contributed by atoms with Gasteiger partial charge in [-0.1, -0.05) is 34.1 Å². The molecular weight excluding hydrogens is 336 g/mol. The van der Waals surface area contributed by atoms with Gasteiger partial charge in [0.05, 0.1) is 0 Å². The summed E-state index contributed by atoms with van der Waals surface area (Å²) in [5.41, 5.74) is 2.10. The van der Waals surface area contributed by atoms with E-state index in [0.717, 1.165) is 29.5 Å². The summed E-state index contributed by atoms with van der Waals surface area (Å²) in [5, 5.41) is 3.39. The first-order chi connectivity index (χ1) is 10.1. The Labute approximate surface area is 131 Å². The van der Waals surface area contributed by atoms with Gasteiger partial charge in [0.2, 0.25) is 0 Å². The van der Waals surface area contributed by atoms with Gasteiger partial charge in [-0.15, -0.1) is 0 Å². The first kappa shape index (κ1) is 14.7. The Morgan fingerprint density at radius 3 is 2.33 bits per heavy atom. The Balaban J connectivity index is 1.94. The molecule has 0 radical (unpaired) electrons. The van der Waals surface area contributed by atoms with Crippen LogP contribution in [0.2, 0.25) is 0 Å². The van der Waals surface area contributed by atoms with Gasteiger partial charge in [-0.05, 0) is 54.3 Å².